The maximum Gasteiger partial charge on any atom is 0.303 e. The molecule has 1 aliphatic rings. The van der Waals surface area contributed by atoms with Gasteiger partial charge in [0.1, 0.15) is 5.82 Å². The van der Waals surface area contributed by atoms with E-state index in [1.807, 2.05) is 0 Å². The first-order valence-corrected chi connectivity index (χ1v) is 7.69. The first-order valence-electron chi connectivity index (χ1n) is 7.69. The summed E-state index contributed by atoms with van der Waals surface area (Å²) in [7, 11) is 1.39. The average Bonchev–Trinajstić information content (AvgIpc) is 2.54. The van der Waals surface area contributed by atoms with Crippen LogP contribution in [0.25, 0.3) is 0 Å². The summed E-state index contributed by atoms with van der Waals surface area (Å²) < 4.78 is 19.5. The topological polar surface area (TPSA) is 66.8 Å². The van der Waals surface area contributed by atoms with Gasteiger partial charge in [-0.25, -0.2) is 4.39 Å². The number of benzene rings is 1. The molecule has 6 heteroatoms. The lowest BCUT2D eigenvalue weighted by Gasteiger charge is -2.37. The van der Waals surface area contributed by atoms with E-state index in [0.29, 0.717) is 25.9 Å². The van der Waals surface area contributed by atoms with Gasteiger partial charge in [-0.1, -0.05) is 18.2 Å². The molecule has 1 amide bonds. The third kappa shape index (κ3) is 3.69. The molecule has 0 saturated carbocycles. The van der Waals surface area contributed by atoms with Crippen LogP contribution in [0.5, 0.6) is 0 Å². The summed E-state index contributed by atoms with van der Waals surface area (Å²) in [5, 5.41) is 8.85. The predicted molar refractivity (Wildman–Crippen MR) is 82.3 cm³/mol. The highest BCUT2D eigenvalue weighted by Crippen LogP contribution is 2.31. The molecule has 0 aliphatic carbocycles. The molecule has 0 bridgehead atoms. The fourth-order valence-corrected chi connectivity index (χ4v) is 3.05. The normalized spacial score (nSPS) is 18.5. The van der Waals surface area contributed by atoms with Gasteiger partial charge in [0.2, 0.25) is 0 Å². The maximum absolute atomic E-state index is 14.1. The van der Waals surface area contributed by atoms with E-state index in [-0.39, 0.29) is 23.8 Å². The van der Waals surface area contributed by atoms with Crippen molar-refractivity contribution in [2.45, 2.75) is 31.8 Å². The molecule has 1 heterocycles. The van der Waals surface area contributed by atoms with Gasteiger partial charge in [0.15, 0.2) is 5.60 Å². The van der Waals surface area contributed by atoms with Crippen LogP contribution in [0.15, 0.2) is 24.3 Å². The van der Waals surface area contributed by atoms with E-state index in [0.717, 1.165) is 0 Å². The molecule has 126 valence electrons. The van der Waals surface area contributed by atoms with E-state index in [2.05, 4.69) is 0 Å². The Balaban J connectivity index is 2.12. The standard InChI is InChI=1S/C17H22FNO4/c1-17(23-2,13-5-3-4-6-14(13)18)16(22)19-9-7-12(8-10-19)11-15(20)21/h3-6,12H,7-11H2,1-2H3,(H,20,21). The molecule has 1 aliphatic heterocycles. The fourth-order valence-electron chi connectivity index (χ4n) is 3.05. The SMILES string of the molecule is COC(C)(C(=O)N1CCC(CC(=O)O)CC1)c1ccccc1F. The van der Waals surface area contributed by atoms with E-state index in [9.17, 15) is 14.0 Å². The van der Waals surface area contributed by atoms with Crippen molar-refractivity contribution in [2.75, 3.05) is 20.2 Å². The summed E-state index contributed by atoms with van der Waals surface area (Å²) in [5.74, 6) is -1.51. The Kier molecular flexibility index (Phi) is 5.36. The number of amides is 1. The van der Waals surface area contributed by atoms with Crippen LogP contribution in [-0.2, 0) is 19.9 Å². The lowest BCUT2D eigenvalue weighted by molar-refractivity contribution is -0.156. The van der Waals surface area contributed by atoms with Gasteiger partial charge in [-0.05, 0) is 31.7 Å². The Bertz CT molecular complexity index is 584. The number of ether oxygens (including phenoxy) is 1. The minimum atomic E-state index is -1.38. The molecule has 1 saturated heterocycles. The van der Waals surface area contributed by atoms with Crippen molar-refractivity contribution in [3.8, 4) is 0 Å². The number of carboxylic acid groups (broad SMARTS) is 1. The van der Waals surface area contributed by atoms with E-state index < -0.39 is 17.4 Å². The largest absolute Gasteiger partial charge is 0.481 e. The monoisotopic (exact) mass is 323 g/mol. The number of piperidine rings is 1. The molecule has 1 atom stereocenters. The smallest absolute Gasteiger partial charge is 0.303 e. The Morgan fingerprint density at radius 2 is 1.96 bits per heavy atom. The summed E-state index contributed by atoms with van der Waals surface area (Å²) in [5.41, 5.74) is -1.18. The third-order valence-corrected chi connectivity index (χ3v) is 4.57. The molecule has 1 N–H and O–H groups in total. The van der Waals surface area contributed by atoms with Crippen molar-refractivity contribution in [3.63, 3.8) is 0 Å². The van der Waals surface area contributed by atoms with Crippen LogP contribution in [-0.4, -0.2) is 42.1 Å². The van der Waals surface area contributed by atoms with Crippen LogP contribution >= 0.6 is 0 Å². The Morgan fingerprint density at radius 1 is 1.35 bits per heavy atom. The quantitative estimate of drug-likeness (QED) is 0.903. The Hall–Kier alpha value is -1.95. The molecule has 0 spiro atoms. The summed E-state index contributed by atoms with van der Waals surface area (Å²) in [6, 6.07) is 6.09. The van der Waals surface area contributed by atoms with Crippen molar-refractivity contribution in [1.82, 2.24) is 4.90 Å². The molecule has 0 aromatic heterocycles. The second-order valence-corrected chi connectivity index (χ2v) is 6.05. The zero-order valence-corrected chi connectivity index (χ0v) is 13.4. The Labute approximate surface area is 135 Å². The van der Waals surface area contributed by atoms with Gasteiger partial charge < -0.3 is 14.7 Å². The van der Waals surface area contributed by atoms with Crippen molar-refractivity contribution in [2.24, 2.45) is 5.92 Å². The van der Waals surface area contributed by atoms with Crippen LogP contribution in [0.2, 0.25) is 0 Å². The summed E-state index contributed by atoms with van der Waals surface area (Å²) in [6.45, 7) is 2.49. The Morgan fingerprint density at radius 3 is 2.48 bits per heavy atom. The van der Waals surface area contributed by atoms with Gasteiger partial charge >= 0.3 is 5.97 Å². The fraction of sp³-hybridized carbons (Fsp3) is 0.529. The second kappa shape index (κ2) is 7.08. The van der Waals surface area contributed by atoms with Crippen LogP contribution < -0.4 is 0 Å². The molecule has 1 unspecified atom stereocenters. The molecule has 0 radical (unpaired) electrons. The number of hydrogen-bond acceptors (Lipinski definition) is 3. The second-order valence-electron chi connectivity index (χ2n) is 6.05. The van der Waals surface area contributed by atoms with Crippen molar-refractivity contribution < 1.29 is 23.8 Å². The first kappa shape index (κ1) is 17.4. The van der Waals surface area contributed by atoms with Gasteiger partial charge in [-0.3, -0.25) is 9.59 Å². The van der Waals surface area contributed by atoms with E-state index in [1.165, 1.54) is 13.2 Å². The van der Waals surface area contributed by atoms with Gasteiger partial charge in [0.05, 0.1) is 0 Å². The van der Waals surface area contributed by atoms with Gasteiger partial charge in [0, 0.05) is 32.2 Å². The lowest BCUT2D eigenvalue weighted by Crippen LogP contribution is -2.49. The lowest BCUT2D eigenvalue weighted by atomic mass is 9.89. The molecule has 5 nitrogen and oxygen atoms in total. The molecule has 2 rings (SSSR count). The van der Waals surface area contributed by atoms with Gasteiger partial charge in [-0.2, -0.15) is 0 Å². The highest BCUT2D eigenvalue weighted by Gasteiger charge is 2.41. The van der Waals surface area contributed by atoms with Gasteiger partial charge in [-0.15, -0.1) is 0 Å². The molecule has 1 fully saturated rings. The third-order valence-electron chi connectivity index (χ3n) is 4.57. The number of halogens is 1. The van der Waals surface area contributed by atoms with Gasteiger partial charge in [0.25, 0.3) is 5.91 Å². The van der Waals surface area contributed by atoms with Crippen molar-refractivity contribution in [1.29, 1.82) is 0 Å². The highest BCUT2D eigenvalue weighted by molar-refractivity contribution is 5.86. The number of aliphatic carboxylic acids is 1. The zero-order valence-electron chi connectivity index (χ0n) is 13.4. The predicted octanol–water partition coefficient (Wildman–Crippen LogP) is 2.40. The molecular formula is C17H22FNO4. The summed E-state index contributed by atoms with van der Waals surface area (Å²) >= 11 is 0. The van der Waals surface area contributed by atoms with Crippen molar-refractivity contribution >= 4 is 11.9 Å². The highest BCUT2D eigenvalue weighted by atomic mass is 19.1. The summed E-state index contributed by atoms with van der Waals surface area (Å²) in [6.07, 6.45) is 1.39. The van der Waals surface area contributed by atoms with E-state index in [4.69, 9.17) is 9.84 Å². The van der Waals surface area contributed by atoms with Crippen LogP contribution in [0.1, 0.15) is 31.7 Å². The molecule has 1 aromatic rings. The maximum atomic E-state index is 14.1. The number of carbonyl (C=O) groups is 2. The molecular weight excluding hydrogens is 301 g/mol. The number of nitrogens with zero attached hydrogens (tertiary/aromatic N) is 1. The zero-order chi connectivity index (χ0) is 17.0. The van der Waals surface area contributed by atoms with Crippen LogP contribution in [0.4, 0.5) is 4.39 Å². The van der Waals surface area contributed by atoms with E-state index in [1.54, 1.807) is 30.0 Å². The van der Waals surface area contributed by atoms with E-state index >= 15 is 0 Å². The van der Waals surface area contributed by atoms with Crippen molar-refractivity contribution in [3.05, 3.63) is 35.6 Å². The number of carboxylic acids is 1. The number of methoxy groups -OCH3 is 1. The minimum Gasteiger partial charge on any atom is -0.481 e. The number of carbonyl (C=O) groups excluding carboxylic acids is 1. The minimum absolute atomic E-state index is 0.0822. The van der Waals surface area contributed by atoms with Crippen LogP contribution in [0, 0.1) is 11.7 Å². The number of likely N-dealkylation sites (tertiary alicyclic amines) is 1. The first-order chi connectivity index (χ1) is 10.9. The molecule has 1 aromatic carbocycles. The number of hydrogen-bond donors (Lipinski definition) is 1. The summed E-state index contributed by atoms with van der Waals surface area (Å²) in [4.78, 5) is 25.3. The molecule has 23 heavy (non-hydrogen) atoms. The van der Waals surface area contributed by atoms with Crippen LogP contribution in [0.3, 0.4) is 0 Å². The number of rotatable bonds is 5. The average molecular weight is 323 g/mol.